The van der Waals surface area contributed by atoms with E-state index in [1.54, 1.807) is 50.2 Å². The summed E-state index contributed by atoms with van der Waals surface area (Å²) in [7, 11) is 3.14. The molecule has 1 aliphatic rings. The van der Waals surface area contributed by atoms with Crippen LogP contribution in [-0.4, -0.2) is 73.9 Å². The fourth-order valence-corrected chi connectivity index (χ4v) is 3.68. The van der Waals surface area contributed by atoms with E-state index >= 15 is 0 Å². The van der Waals surface area contributed by atoms with Crippen molar-refractivity contribution in [3.63, 3.8) is 0 Å². The number of benzene rings is 1. The molecule has 0 aromatic heterocycles. The van der Waals surface area contributed by atoms with Gasteiger partial charge in [-0.3, -0.25) is 19.2 Å². The Morgan fingerprint density at radius 1 is 1.16 bits per heavy atom. The molecule has 2 rings (SSSR count). The molecule has 1 atom stereocenters. The first-order valence-corrected chi connectivity index (χ1v) is 10.8. The number of piperidine rings is 1. The van der Waals surface area contributed by atoms with Gasteiger partial charge < -0.3 is 24.6 Å². The van der Waals surface area contributed by atoms with Gasteiger partial charge in [0, 0.05) is 27.1 Å². The largest absolute Gasteiger partial charge is 0.497 e. The number of likely N-dealkylation sites (N-methyl/N-ethyl adjacent to an activating group) is 1. The number of methoxy groups -OCH3 is 1. The van der Waals surface area contributed by atoms with Gasteiger partial charge in [0.25, 0.3) is 0 Å². The zero-order valence-electron chi connectivity index (χ0n) is 19.3. The normalized spacial score (nSPS) is 14.9. The summed E-state index contributed by atoms with van der Waals surface area (Å²) in [6, 6.07) is 6.62. The van der Waals surface area contributed by atoms with E-state index in [-0.39, 0.29) is 42.6 Å². The van der Waals surface area contributed by atoms with Gasteiger partial charge >= 0.3 is 5.97 Å². The lowest BCUT2D eigenvalue weighted by Crippen LogP contribution is -2.46. The van der Waals surface area contributed by atoms with Crippen LogP contribution in [0.2, 0.25) is 0 Å². The van der Waals surface area contributed by atoms with Gasteiger partial charge in [-0.05, 0) is 37.5 Å². The zero-order valence-corrected chi connectivity index (χ0v) is 19.3. The molecule has 0 aliphatic carbocycles. The van der Waals surface area contributed by atoms with Crippen molar-refractivity contribution in [1.29, 1.82) is 0 Å². The molecule has 1 heterocycles. The lowest BCUT2D eigenvalue weighted by Gasteiger charge is -2.32. The van der Waals surface area contributed by atoms with Crippen molar-refractivity contribution < 1.29 is 28.7 Å². The molecule has 1 unspecified atom stereocenters. The minimum Gasteiger partial charge on any atom is -0.497 e. The molecule has 32 heavy (non-hydrogen) atoms. The average molecular weight is 448 g/mol. The Balaban J connectivity index is 1.91. The van der Waals surface area contributed by atoms with Crippen molar-refractivity contribution in [2.24, 2.45) is 5.92 Å². The molecular weight excluding hydrogens is 414 g/mol. The first kappa shape index (κ1) is 25.2. The van der Waals surface area contributed by atoms with E-state index in [9.17, 15) is 19.2 Å². The van der Waals surface area contributed by atoms with Crippen molar-refractivity contribution in [3.05, 3.63) is 29.8 Å². The summed E-state index contributed by atoms with van der Waals surface area (Å²) in [6.45, 7) is 4.39. The van der Waals surface area contributed by atoms with Crippen molar-refractivity contribution in [1.82, 2.24) is 15.1 Å². The molecule has 0 radical (unpaired) electrons. The second-order valence-electron chi connectivity index (χ2n) is 7.89. The van der Waals surface area contributed by atoms with E-state index in [4.69, 9.17) is 9.47 Å². The Labute approximate surface area is 189 Å². The zero-order chi connectivity index (χ0) is 23.7. The number of hydrogen-bond donors (Lipinski definition) is 1. The molecule has 1 aromatic carbocycles. The standard InChI is InChI=1S/C23H33N3O6/c1-5-32-23(30)18-10-12-26(13-11-18)22(29)15-25(3)21(28)14-20(24-16(2)27)17-6-8-19(31-4)9-7-17/h6-9,18,20H,5,10-15H2,1-4H3,(H,24,27). The van der Waals surface area contributed by atoms with E-state index in [2.05, 4.69) is 5.32 Å². The highest BCUT2D eigenvalue weighted by Crippen LogP contribution is 2.22. The lowest BCUT2D eigenvalue weighted by molar-refractivity contribution is -0.151. The third-order valence-electron chi connectivity index (χ3n) is 5.54. The van der Waals surface area contributed by atoms with E-state index in [0.29, 0.717) is 38.3 Å². The fraction of sp³-hybridized carbons (Fsp3) is 0.565. The van der Waals surface area contributed by atoms with Crippen LogP contribution in [0.4, 0.5) is 0 Å². The van der Waals surface area contributed by atoms with Gasteiger partial charge in [0.2, 0.25) is 17.7 Å². The number of ether oxygens (including phenoxy) is 2. The van der Waals surface area contributed by atoms with Crippen LogP contribution >= 0.6 is 0 Å². The summed E-state index contributed by atoms with van der Waals surface area (Å²) in [5.74, 6) is -0.383. The number of likely N-dealkylation sites (tertiary alicyclic amines) is 1. The average Bonchev–Trinajstić information content (AvgIpc) is 2.78. The van der Waals surface area contributed by atoms with Crippen LogP contribution in [0.15, 0.2) is 24.3 Å². The van der Waals surface area contributed by atoms with Crippen molar-refractivity contribution in [2.75, 3.05) is 40.4 Å². The van der Waals surface area contributed by atoms with E-state index in [1.165, 1.54) is 11.8 Å². The molecule has 0 saturated carbocycles. The van der Waals surface area contributed by atoms with Gasteiger partial charge in [0.1, 0.15) is 5.75 Å². The second kappa shape index (κ2) is 12.1. The summed E-state index contributed by atoms with van der Waals surface area (Å²) in [6.07, 6.45) is 1.15. The molecule has 9 heteroatoms. The molecule has 176 valence electrons. The third-order valence-corrected chi connectivity index (χ3v) is 5.54. The molecule has 1 aromatic rings. The van der Waals surface area contributed by atoms with Crippen LogP contribution in [0.1, 0.15) is 44.7 Å². The number of carbonyl (C=O) groups excluding carboxylic acids is 4. The van der Waals surface area contributed by atoms with Gasteiger partial charge in [-0.2, -0.15) is 0 Å². The molecule has 3 amide bonds. The molecular formula is C23H33N3O6. The Hall–Kier alpha value is -3.10. The van der Waals surface area contributed by atoms with Crippen LogP contribution in [0.5, 0.6) is 5.75 Å². The maximum atomic E-state index is 12.8. The smallest absolute Gasteiger partial charge is 0.309 e. The van der Waals surface area contributed by atoms with Crippen LogP contribution in [0.3, 0.4) is 0 Å². The predicted octanol–water partition coefficient (Wildman–Crippen LogP) is 1.52. The number of nitrogens with one attached hydrogen (secondary N) is 1. The van der Waals surface area contributed by atoms with Crippen molar-refractivity contribution in [2.45, 2.75) is 39.2 Å². The topological polar surface area (TPSA) is 105 Å². The number of hydrogen-bond acceptors (Lipinski definition) is 6. The molecule has 1 aliphatic heterocycles. The van der Waals surface area contributed by atoms with Crippen LogP contribution in [-0.2, 0) is 23.9 Å². The Bertz CT molecular complexity index is 802. The first-order valence-electron chi connectivity index (χ1n) is 10.8. The maximum absolute atomic E-state index is 12.8. The summed E-state index contributed by atoms with van der Waals surface area (Å²) in [4.78, 5) is 52.0. The number of nitrogens with zero attached hydrogens (tertiary/aromatic N) is 2. The van der Waals surface area contributed by atoms with Gasteiger partial charge in [-0.1, -0.05) is 12.1 Å². The number of rotatable bonds is 9. The molecule has 0 spiro atoms. The van der Waals surface area contributed by atoms with Gasteiger partial charge in [0.05, 0.1) is 38.6 Å². The highest BCUT2D eigenvalue weighted by Gasteiger charge is 2.29. The highest BCUT2D eigenvalue weighted by atomic mass is 16.5. The monoisotopic (exact) mass is 447 g/mol. The Kier molecular flexibility index (Phi) is 9.49. The second-order valence-corrected chi connectivity index (χ2v) is 7.89. The molecule has 1 N–H and O–H groups in total. The van der Waals surface area contributed by atoms with Crippen molar-refractivity contribution in [3.8, 4) is 5.75 Å². The van der Waals surface area contributed by atoms with Gasteiger partial charge in [-0.15, -0.1) is 0 Å². The van der Waals surface area contributed by atoms with Crippen LogP contribution in [0.25, 0.3) is 0 Å². The van der Waals surface area contributed by atoms with Crippen LogP contribution < -0.4 is 10.1 Å². The van der Waals surface area contributed by atoms with Gasteiger partial charge in [0.15, 0.2) is 0 Å². The number of carbonyl (C=O) groups is 4. The predicted molar refractivity (Wildman–Crippen MR) is 118 cm³/mol. The minimum absolute atomic E-state index is 0.0284. The molecule has 9 nitrogen and oxygen atoms in total. The minimum atomic E-state index is -0.510. The Morgan fingerprint density at radius 3 is 2.31 bits per heavy atom. The number of esters is 1. The highest BCUT2D eigenvalue weighted by molar-refractivity contribution is 5.85. The van der Waals surface area contributed by atoms with Gasteiger partial charge in [-0.25, -0.2) is 0 Å². The van der Waals surface area contributed by atoms with E-state index < -0.39 is 6.04 Å². The van der Waals surface area contributed by atoms with Crippen molar-refractivity contribution >= 4 is 23.7 Å². The first-order chi connectivity index (χ1) is 15.2. The van der Waals surface area contributed by atoms with E-state index in [1.807, 2.05) is 0 Å². The fourth-order valence-electron chi connectivity index (χ4n) is 3.68. The molecule has 0 bridgehead atoms. The van der Waals surface area contributed by atoms with Crippen LogP contribution in [0, 0.1) is 5.92 Å². The summed E-state index contributed by atoms with van der Waals surface area (Å²) in [5.41, 5.74) is 0.773. The summed E-state index contributed by atoms with van der Waals surface area (Å²) in [5, 5.41) is 2.80. The maximum Gasteiger partial charge on any atom is 0.309 e. The SMILES string of the molecule is CCOC(=O)C1CCN(C(=O)CN(C)C(=O)CC(NC(C)=O)c2ccc(OC)cc2)CC1. The quantitative estimate of drug-likeness (QED) is 0.576. The number of amides is 3. The third kappa shape index (κ3) is 7.25. The molecule has 1 saturated heterocycles. The lowest BCUT2D eigenvalue weighted by atomic mass is 9.97. The summed E-state index contributed by atoms with van der Waals surface area (Å²) >= 11 is 0. The summed E-state index contributed by atoms with van der Waals surface area (Å²) < 4.78 is 10.2. The van der Waals surface area contributed by atoms with E-state index in [0.717, 1.165) is 5.56 Å². The molecule has 1 fully saturated rings. The Morgan fingerprint density at radius 2 is 1.78 bits per heavy atom.